The van der Waals surface area contributed by atoms with Gasteiger partial charge in [0.15, 0.2) is 11.5 Å². The third kappa shape index (κ3) is 5.40. The molecule has 0 aliphatic carbocycles. The highest BCUT2D eigenvalue weighted by molar-refractivity contribution is 6.34. The summed E-state index contributed by atoms with van der Waals surface area (Å²) >= 11 is 12.7. The van der Waals surface area contributed by atoms with Gasteiger partial charge in [0.05, 0.1) is 35.8 Å². The van der Waals surface area contributed by atoms with Crippen molar-refractivity contribution in [2.45, 2.75) is 13.5 Å². The Morgan fingerprint density at radius 2 is 1.69 bits per heavy atom. The lowest BCUT2D eigenvalue weighted by molar-refractivity contribution is 0.147. The fraction of sp³-hybridized carbons (Fsp3) is 0.192. The highest BCUT2D eigenvalue weighted by Gasteiger charge is 2.20. The van der Waals surface area contributed by atoms with Crippen LogP contribution in [0.5, 0.6) is 23.1 Å². The Hall–Kier alpha value is -3.75. The molecule has 4 rings (SSSR count). The topological polar surface area (TPSA) is 83.0 Å². The van der Waals surface area contributed by atoms with Crippen LogP contribution in [0.15, 0.2) is 60.9 Å². The molecule has 0 aliphatic rings. The average molecular weight is 528 g/mol. The molecule has 0 radical (unpaired) electrons. The molecule has 0 unspecified atom stereocenters. The molecule has 1 aromatic heterocycles. The third-order valence-electron chi connectivity index (χ3n) is 5.37. The Labute approximate surface area is 218 Å². The molecule has 0 fully saturated rings. The minimum absolute atomic E-state index is 0.0445. The molecular weight excluding hydrogens is 505 g/mol. The zero-order chi connectivity index (χ0) is 25.7. The van der Waals surface area contributed by atoms with Gasteiger partial charge in [0.25, 0.3) is 0 Å². The van der Waals surface area contributed by atoms with E-state index in [4.69, 9.17) is 42.1 Å². The minimum atomic E-state index is -0.546. The van der Waals surface area contributed by atoms with E-state index in [2.05, 4.69) is 9.97 Å². The molecule has 8 nitrogen and oxygen atoms in total. The molecule has 0 atom stereocenters. The van der Waals surface area contributed by atoms with Crippen LogP contribution in [0, 0.1) is 0 Å². The van der Waals surface area contributed by atoms with Crippen LogP contribution < -0.4 is 19.1 Å². The average Bonchev–Trinajstić information content (AvgIpc) is 2.89. The summed E-state index contributed by atoms with van der Waals surface area (Å²) in [7, 11) is 3.10. The molecule has 0 N–H and O–H groups in total. The summed E-state index contributed by atoms with van der Waals surface area (Å²) in [4.78, 5) is 22.7. The molecule has 0 bridgehead atoms. The van der Waals surface area contributed by atoms with Crippen LogP contribution in [0.4, 0.5) is 10.5 Å². The number of hydrogen-bond donors (Lipinski definition) is 0. The van der Waals surface area contributed by atoms with E-state index in [1.54, 1.807) is 56.7 Å². The number of rotatable bonds is 8. The summed E-state index contributed by atoms with van der Waals surface area (Å²) in [5.74, 6) is 1.81. The molecule has 1 heterocycles. The van der Waals surface area contributed by atoms with Crippen molar-refractivity contribution >= 4 is 45.9 Å². The molecule has 0 saturated carbocycles. The number of carbonyl (C=O) groups is 1. The number of benzene rings is 3. The zero-order valence-electron chi connectivity index (χ0n) is 19.8. The Balaban J connectivity index is 1.54. The van der Waals surface area contributed by atoms with Crippen LogP contribution >= 0.6 is 23.2 Å². The monoisotopic (exact) mass is 527 g/mol. The van der Waals surface area contributed by atoms with E-state index in [9.17, 15) is 4.79 Å². The molecule has 0 aliphatic heterocycles. The number of amides is 1. The number of carbonyl (C=O) groups excluding carboxylic acids is 1. The van der Waals surface area contributed by atoms with E-state index >= 15 is 0 Å². The first-order valence-electron chi connectivity index (χ1n) is 11.0. The number of anilines is 1. The van der Waals surface area contributed by atoms with Gasteiger partial charge in [-0.15, -0.1) is 0 Å². The number of aromatic nitrogens is 2. The Morgan fingerprint density at radius 1 is 0.944 bits per heavy atom. The Morgan fingerprint density at radius 3 is 2.39 bits per heavy atom. The minimum Gasteiger partial charge on any atom is -0.493 e. The maximum atomic E-state index is 12.8. The van der Waals surface area contributed by atoms with E-state index in [-0.39, 0.29) is 6.61 Å². The Bertz CT molecular complexity index is 1400. The molecule has 0 spiro atoms. The SMILES string of the molecule is CCN(C(=O)OCc1ccccc1Cl)c1ccc(Oc2ncnc3cc(OC)c(OC)cc23)cc1Cl. The van der Waals surface area contributed by atoms with Crippen molar-refractivity contribution in [1.82, 2.24) is 9.97 Å². The van der Waals surface area contributed by atoms with Crippen LogP contribution in [-0.4, -0.2) is 36.8 Å². The molecule has 186 valence electrons. The number of halogens is 2. The van der Waals surface area contributed by atoms with E-state index in [0.717, 1.165) is 0 Å². The maximum absolute atomic E-state index is 12.8. The van der Waals surface area contributed by atoms with E-state index < -0.39 is 6.09 Å². The van der Waals surface area contributed by atoms with E-state index in [1.165, 1.54) is 11.2 Å². The fourth-order valence-corrected chi connectivity index (χ4v) is 4.02. The van der Waals surface area contributed by atoms with Crippen molar-refractivity contribution in [1.29, 1.82) is 0 Å². The van der Waals surface area contributed by atoms with Gasteiger partial charge in [-0.25, -0.2) is 14.8 Å². The van der Waals surface area contributed by atoms with Gasteiger partial charge in [0.1, 0.15) is 18.7 Å². The predicted molar refractivity (Wildman–Crippen MR) is 139 cm³/mol. The highest BCUT2D eigenvalue weighted by atomic mass is 35.5. The summed E-state index contributed by atoms with van der Waals surface area (Å²) < 4.78 is 22.2. The van der Waals surface area contributed by atoms with Crippen LogP contribution in [0.2, 0.25) is 10.0 Å². The van der Waals surface area contributed by atoms with Gasteiger partial charge >= 0.3 is 6.09 Å². The number of nitrogens with zero attached hydrogens (tertiary/aromatic N) is 3. The first-order chi connectivity index (χ1) is 17.4. The van der Waals surface area contributed by atoms with Gasteiger partial charge in [0, 0.05) is 29.3 Å². The summed E-state index contributed by atoms with van der Waals surface area (Å²) in [6, 6.07) is 15.7. The van der Waals surface area contributed by atoms with Crippen molar-refractivity contribution in [3.63, 3.8) is 0 Å². The zero-order valence-corrected chi connectivity index (χ0v) is 21.3. The van der Waals surface area contributed by atoms with Crippen molar-refractivity contribution in [2.75, 3.05) is 25.7 Å². The lowest BCUT2D eigenvalue weighted by Gasteiger charge is -2.22. The molecular formula is C26H23Cl2N3O5. The van der Waals surface area contributed by atoms with Gasteiger partial charge in [-0.1, -0.05) is 41.4 Å². The van der Waals surface area contributed by atoms with Crippen molar-refractivity contribution in [3.05, 3.63) is 76.5 Å². The van der Waals surface area contributed by atoms with Crippen molar-refractivity contribution in [3.8, 4) is 23.1 Å². The van der Waals surface area contributed by atoms with E-state index in [1.807, 2.05) is 19.1 Å². The normalized spacial score (nSPS) is 10.7. The Kier molecular flexibility index (Phi) is 7.97. The molecule has 10 heteroatoms. The van der Waals surface area contributed by atoms with Crippen molar-refractivity contribution < 1.29 is 23.7 Å². The quantitative estimate of drug-likeness (QED) is 0.246. The molecule has 3 aromatic carbocycles. The van der Waals surface area contributed by atoms with Gasteiger partial charge < -0.3 is 18.9 Å². The summed E-state index contributed by atoms with van der Waals surface area (Å²) in [6.45, 7) is 2.22. The van der Waals surface area contributed by atoms with Crippen molar-refractivity contribution in [2.24, 2.45) is 0 Å². The van der Waals surface area contributed by atoms with Crippen LogP contribution in [0.3, 0.4) is 0 Å². The third-order valence-corrected chi connectivity index (χ3v) is 6.05. The van der Waals surface area contributed by atoms with Crippen LogP contribution in [-0.2, 0) is 11.3 Å². The second-order valence-corrected chi connectivity index (χ2v) is 8.32. The lowest BCUT2D eigenvalue weighted by atomic mass is 10.2. The smallest absolute Gasteiger partial charge is 0.414 e. The number of fused-ring (bicyclic) bond motifs is 1. The largest absolute Gasteiger partial charge is 0.493 e. The summed E-state index contributed by atoms with van der Waals surface area (Å²) in [6.07, 6.45) is 0.851. The van der Waals surface area contributed by atoms with Gasteiger partial charge in [-0.2, -0.15) is 0 Å². The predicted octanol–water partition coefficient (Wildman–Crippen LogP) is 6.91. The van der Waals surface area contributed by atoms with Gasteiger partial charge in [-0.05, 0) is 31.2 Å². The first kappa shape index (κ1) is 25.3. The number of ether oxygens (including phenoxy) is 4. The molecule has 36 heavy (non-hydrogen) atoms. The molecule has 4 aromatic rings. The summed E-state index contributed by atoms with van der Waals surface area (Å²) in [5, 5.41) is 1.47. The summed E-state index contributed by atoms with van der Waals surface area (Å²) in [5.41, 5.74) is 1.82. The second-order valence-electron chi connectivity index (χ2n) is 7.51. The molecule has 1 amide bonds. The van der Waals surface area contributed by atoms with Gasteiger partial charge in [0.2, 0.25) is 5.88 Å². The van der Waals surface area contributed by atoms with Crippen LogP contribution in [0.1, 0.15) is 12.5 Å². The molecule has 0 saturated heterocycles. The van der Waals surface area contributed by atoms with Gasteiger partial charge in [-0.3, -0.25) is 4.90 Å². The standard InChI is InChI=1S/C26H23Cl2N3O5/c1-4-31(26(32)35-14-16-7-5-6-8-19(16)27)22-10-9-17(11-20(22)28)36-25-18-12-23(33-2)24(34-3)13-21(18)29-15-30-25/h5-13,15H,4,14H2,1-3H3. The lowest BCUT2D eigenvalue weighted by Crippen LogP contribution is -2.31. The second kappa shape index (κ2) is 11.3. The number of methoxy groups -OCH3 is 2. The maximum Gasteiger partial charge on any atom is 0.414 e. The highest BCUT2D eigenvalue weighted by Crippen LogP contribution is 2.37. The fourth-order valence-electron chi connectivity index (χ4n) is 3.55. The first-order valence-corrected chi connectivity index (χ1v) is 11.7. The number of hydrogen-bond acceptors (Lipinski definition) is 7. The van der Waals surface area contributed by atoms with Crippen LogP contribution in [0.25, 0.3) is 10.9 Å². The van der Waals surface area contributed by atoms with E-state index in [0.29, 0.717) is 61.9 Å².